The van der Waals surface area contributed by atoms with Crippen molar-refractivity contribution in [3.05, 3.63) is 95.8 Å². The van der Waals surface area contributed by atoms with Crippen LogP contribution in [0.5, 0.6) is 5.75 Å². The van der Waals surface area contributed by atoms with Gasteiger partial charge in [0.2, 0.25) is 11.8 Å². The summed E-state index contributed by atoms with van der Waals surface area (Å²) in [6, 6.07) is 21.6. The van der Waals surface area contributed by atoms with Crippen molar-refractivity contribution < 1.29 is 14.3 Å². The third-order valence-corrected chi connectivity index (χ3v) is 6.48. The molecule has 2 aromatic carbocycles. The maximum Gasteiger partial charge on any atom is 0.228 e. The number of piperidine rings is 1. The molecule has 2 heterocycles. The van der Waals surface area contributed by atoms with Crippen molar-refractivity contribution in [3.63, 3.8) is 0 Å². The van der Waals surface area contributed by atoms with Crippen LogP contribution in [-0.2, 0) is 22.7 Å². The van der Waals surface area contributed by atoms with Crippen LogP contribution >= 0.6 is 0 Å². The van der Waals surface area contributed by atoms with Crippen LogP contribution < -0.4 is 4.74 Å². The highest BCUT2D eigenvalue weighted by molar-refractivity contribution is 5.81. The fourth-order valence-electron chi connectivity index (χ4n) is 4.51. The molecule has 0 aliphatic carbocycles. The number of para-hydroxylation sites is 1. The van der Waals surface area contributed by atoms with E-state index in [-0.39, 0.29) is 17.7 Å². The van der Waals surface area contributed by atoms with Gasteiger partial charge < -0.3 is 14.5 Å². The maximum atomic E-state index is 13.7. The SMILES string of the molecule is Cc1ccccc1CN(Cc1cccnc1)C(=O)C1CCCN(C(=O)CCOc2ccccc2)C1. The van der Waals surface area contributed by atoms with Crippen molar-refractivity contribution >= 4 is 11.8 Å². The number of hydrogen-bond donors (Lipinski definition) is 0. The molecule has 0 N–H and O–H groups in total. The number of carbonyl (C=O) groups is 2. The number of carbonyl (C=O) groups excluding carboxylic acids is 2. The first-order valence-corrected chi connectivity index (χ1v) is 12.3. The van der Waals surface area contributed by atoms with Gasteiger partial charge in [0.25, 0.3) is 0 Å². The Morgan fingerprint density at radius 1 is 1.03 bits per heavy atom. The standard InChI is InChI=1S/C29H33N3O3/c1-23-9-5-6-11-25(23)21-32(20-24-10-7-16-30-19-24)29(34)26-12-8-17-31(22-26)28(33)15-18-35-27-13-3-2-4-14-27/h2-7,9-11,13-14,16,19,26H,8,12,15,17-18,20-22H2,1H3. The quantitative estimate of drug-likeness (QED) is 0.457. The van der Waals surface area contributed by atoms with Gasteiger partial charge in [-0.2, -0.15) is 0 Å². The second-order valence-corrected chi connectivity index (χ2v) is 9.07. The first-order valence-electron chi connectivity index (χ1n) is 12.3. The largest absolute Gasteiger partial charge is 0.493 e. The number of aromatic nitrogens is 1. The molecule has 182 valence electrons. The molecule has 6 heteroatoms. The van der Waals surface area contributed by atoms with Gasteiger partial charge in [0.15, 0.2) is 0 Å². The monoisotopic (exact) mass is 471 g/mol. The molecular formula is C29H33N3O3. The third kappa shape index (κ3) is 6.92. The minimum Gasteiger partial charge on any atom is -0.493 e. The minimum absolute atomic E-state index is 0.0381. The highest BCUT2D eigenvalue weighted by Gasteiger charge is 2.31. The fraction of sp³-hybridized carbons (Fsp3) is 0.345. The van der Waals surface area contributed by atoms with Crippen molar-refractivity contribution in [1.82, 2.24) is 14.8 Å². The number of pyridine rings is 1. The van der Waals surface area contributed by atoms with Gasteiger partial charge in [-0.25, -0.2) is 0 Å². The number of aryl methyl sites for hydroxylation is 1. The van der Waals surface area contributed by atoms with Crippen LogP contribution in [-0.4, -0.2) is 46.3 Å². The zero-order valence-corrected chi connectivity index (χ0v) is 20.3. The van der Waals surface area contributed by atoms with E-state index in [1.807, 2.05) is 70.6 Å². The molecule has 6 nitrogen and oxygen atoms in total. The Kier molecular flexibility index (Phi) is 8.49. The van der Waals surface area contributed by atoms with Crippen molar-refractivity contribution in [2.45, 2.75) is 39.3 Å². The minimum atomic E-state index is -0.205. The van der Waals surface area contributed by atoms with Crippen LogP contribution in [0.3, 0.4) is 0 Å². The maximum absolute atomic E-state index is 13.7. The molecule has 1 aromatic heterocycles. The first kappa shape index (κ1) is 24.5. The van der Waals surface area contributed by atoms with E-state index in [1.165, 1.54) is 0 Å². The van der Waals surface area contributed by atoms with Gasteiger partial charge >= 0.3 is 0 Å². The Bertz CT molecular complexity index is 1100. The second kappa shape index (κ2) is 12.2. The highest BCUT2D eigenvalue weighted by Crippen LogP contribution is 2.23. The Hall–Kier alpha value is -3.67. The van der Waals surface area contributed by atoms with Gasteiger partial charge in [-0.15, -0.1) is 0 Å². The molecule has 0 radical (unpaired) electrons. The molecule has 0 saturated carbocycles. The fourth-order valence-corrected chi connectivity index (χ4v) is 4.51. The Morgan fingerprint density at radius 2 is 1.83 bits per heavy atom. The molecule has 1 atom stereocenters. The van der Waals surface area contributed by atoms with Crippen molar-refractivity contribution in [2.75, 3.05) is 19.7 Å². The summed E-state index contributed by atoms with van der Waals surface area (Å²) in [4.78, 5) is 34.6. The lowest BCUT2D eigenvalue weighted by Crippen LogP contribution is -2.46. The molecule has 35 heavy (non-hydrogen) atoms. The molecule has 2 amide bonds. The van der Waals surface area contributed by atoms with E-state index in [1.54, 1.807) is 6.20 Å². The first-order chi connectivity index (χ1) is 17.1. The van der Waals surface area contributed by atoms with Crippen molar-refractivity contribution in [2.24, 2.45) is 5.92 Å². The Labute approximate surface area is 207 Å². The molecular weight excluding hydrogens is 438 g/mol. The summed E-state index contributed by atoms with van der Waals surface area (Å²) in [6.07, 6.45) is 5.47. The summed E-state index contributed by atoms with van der Waals surface area (Å²) in [6.45, 7) is 4.58. The van der Waals surface area contributed by atoms with Gasteiger partial charge in [-0.1, -0.05) is 48.5 Å². The number of likely N-dealkylation sites (tertiary alicyclic amines) is 1. The lowest BCUT2D eigenvalue weighted by molar-refractivity contribution is -0.142. The van der Waals surface area contributed by atoms with E-state index in [4.69, 9.17) is 4.74 Å². The van der Waals surface area contributed by atoms with Gasteiger partial charge in [0.05, 0.1) is 18.9 Å². The summed E-state index contributed by atoms with van der Waals surface area (Å²) < 4.78 is 5.70. The smallest absolute Gasteiger partial charge is 0.228 e. The van der Waals surface area contributed by atoms with E-state index in [2.05, 4.69) is 24.0 Å². The van der Waals surface area contributed by atoms with E-state index in [0.717, 1.165) is 35.3 Å². The molecule has 1 aliphatic rings. The van der Waals surface area contributed by atoms with E-state index in [9.17, 15) is 9.59 Å². The summed E-state index contributed by atoms with van der Waals surface area (Å²) in [5.41, 5.74) is 3.29. The highest BCUT2D eigenvalue weighted by atomic mass is 16.5. The van der Waals surface area contributed by atoms with Crippen LogP contribution in [0.1, 0.15) is 36.0 Å². The predicted molar refractivity (Wildman–Crippen MR) is 136 cm³/mol. The topological polar surface area (TPSA) is 62.7 Å². The lowest BCUT2D eigenvalue weighted by atomic mass is 9.95. The van der Waals surface area contributed by atoms with Crippen LogP contribution in [0, 0.1) is 12.8 Å². The molecule has 4 rings (SSSR count). The summed E-state index contributed by atoms with van der Waals surface area (Å²) in [7, 11) is 0. The molecule has 1 aliphatic heterocycles. The average Bonchev–Trinajstić information content (AvgIpc) is 2.90. The Balaban J connectivity index is 1.40. The molecule has 0 spiro atoms. The average molecular weight is 472 g/mol. The van der Waals surface area contributed by atoms with Crippen molar-refractivity contribution in [1.29, 1.82) is 0 Å². The number of rotatable bonds is 9. The molecule has 1 unspecified atom stereocenters. The number of benzene rings is 2. The number of amides is 2. The number of nitrogens with zero attached hydrogens (tertiary/aromatic N) is 3. The summed E-state index contributed by atoms with van der Waals surface area (Å²) >= 11 is 0. The number of ether oxygens (including phenoxy) is 1. The normalized spacial score (nSPS) is 15.5. The van der Waals surface area contributed by atoms with Crippen LogP contribution in [0.15, 0.2) is 79.1 Å². The number of hydrogen-bond acceptors (Lipinski definition) is 4. The van der Waals surface area contributed by atoms with Crippen LogP contribution in [0.2, 0.25) is 0 Å². The van der Waals surface area contributed by atoms with E-state index in [0.29, 0.717) is 39.2 Å². The van der Waals surface area contributed by atoms with E-state index < -0.39 is 0 Å². The molecule has 0 bridgehead atoms. The zero-order chi connectivity index (χ0) is 24.5. The van der Waals surface area contributed by atoms with Gasteiger partial charge in [-0.05, 0) is 54.7 Å². The molecule has 1 saturated heterocycles. The van der Waals surface area contributed by atoms with Gasteiger partial charge in [0.1, 0.15) is 5.75 Å². The second-order valence-electron chi connectivity index (χ2n) is 9.07. The lowest BCUT2D eigenvalue weighted by Gasteiger charge is -2.35. The van der Waals surface area contributed by atoms with E-state index >= 15 is 0 Å². The van der Waals surface area contributed by atoms with Gasteiger partial charge in [0, 0.05) is 38.6 Å². The Morgan fingerprint density at radius 3 is 2.60 bits per heavy atom. The third-order valence-electron chi connectivity index (χ3n) is 6.48. The van der Waals surface area contributed by atoms with Crippen molar-refractivity contribution in [3.8, 4) is 5.75 Å². The summed E-state index contributed by atoms with van der Waals surface area (Å²) in [5.74, 6) is 0.684. The molecule has 1 fully saturated rings. The zero-order valence-electron chi connectivity index (χ0n) is 20.3. The van der Waals surface area contributed by atoms with Gasteiger partial charge in [-0.3, -0.25) is 14.6 Å². The van der Waals surface area contributed by atoms with Crippen LogP contribution in [0.4, 0.5) is 0 Å². The van der Waals surface area contributed by atoms with Crippen LogP contribution in [0.25, 0.3) is 0 Å². The summed E-state index contributed by atoms with van der Waals surface area (Å²) in [5, 5.41) is 0. The molecule has 3 aromatic rings. The predicted octanol–water partition coefficient (Wildman–Crippen LogP) is 4.63.